The number of hydrogen-bond acceptors (Lipinski definition) is 6. The summed E-state index contributed by atoms with van der Waals surface area (Å²) in [6.07, 6.45) is 2.02. The highest BCUT2D eigenvalue weighted by molar-refractivity contribution is 8.00. The van der Waals surface area contributed by atoms with Crippen molar-refractivity contribution >= 4 is 28.6 Å². The molecule has 3 aromatic rings. The van der Waals surface area contributed by atoms with Crippen molar-refractivity contribution in [2.45, 2.75) is 11.4 Å². The van der Waals surface area contributed by atoms with Crippen LogP contribution in [-0.4, -0.2) is 71.1 Å². The van der Waals surface area contributed by atoms with Crippen molar-refractivity contribution in [2.24, 2.45) is 0 Å². The number of aromatic nitrogens is 1. The Bertz CT molecular complexity index is 902. The Hall–Kier alpha value is -2.36. The molecule has 7 nitrogen and oxygen atoms in total. The highest BCUT2D eigenvalue weighted by atomic mass is 32.2. The standard InChI is InChI=1S/C17H15NO2S.C6H15NO3/c19-17(20)12-21-16-11-18(10-13-6-2-1-3-7-13)15-9-5-4-8-14(15)16;8-4-1-7(2-5-9)3-6-10/h1-9,11H,10,12H2,(H,19,20);8-10H,1-6H2. The zero-order valence-corrected chi connectivity index (χ0v) is 18.3. The number of hydrogen-bond donors (Lipinski definition) is 4. The van der Waals surface area contributed by atoms with Gasteiger partial charge in [0.1, 0.15) is 19.6 Å². The van der Waals surface area contributed by atoms with Gasteiger partial charge in [-0.25, -0.2) is 0 Å². The molecule has 0 fully saturated rings. The lowest BCUT2D eigenvalue weighted by atomic mass is 10.2. The van der Waals surface area contributed by atoms with Crippen molar-refractivity contribution in [3.05, 3.63) is 66.4 Å². The molecule has 31 heavy (non-hydrogen) atoms. The number of thioether (sulfide) groups is 1. The first-order chi connectivity index (χ1) is 15.1. The monoisotopic (exact) mass is 446 g/mol. The van der Waals surface area contributed by atoms with Crippen LogP contribution in [-0.2, 0) is 11.3 Å². The Morgan fingerprint density at radius 3 is 2.06 bits per heavy atom. The molecular formula is C23H30N2O5S. The van der Waals surface area contributed by atoms with E-state index in [4.69, 9.17) is 15.3 Å². The van der Waals surface area contributed by atoms with Crippen LogP contribution in [0.2, 0.25) is 0 Å². The number of fused-ring (bicyclic) bond motifs is 1. The predicted octanol–water partition coefficient (Wildman–Crippen LogP) is -0.620. The molecule has 0 aliphatic heterocycles. The quantitative estimate of drug-likeness (QED) is 0.292. The van der Waals surface area contributed by atoms with Crippen molar-refractivity contribution in [3.63, 3.8) is 0 Å². The summed E-state index contributed by atoms with van der Waals surface area (Å²) in [7, 11) is 0. The molecule has 168 valence electrons. The molecule has 3 rings (SSSR count). The Balaban J connectivity index is 0.000000291. The minimum absolute atomic E-state index is 0.0284. The third-order valence-corrected chi connectivity index (χ3v) is 5.71. The van der Waals surface area contributed by atoms with Gasteiger partial charge in [0.05, 0.1) is 25.8 Å². The Labute approximate surface area is 186 Å². The van der Waals surface area contributed by atoms with E-state index in [-0.39, 0.29) is 25.6 Å². The average Bonchev–Trinajstić information content (AvgIpc) is 3.12. The second-order valence-corrected chi connectivity index (χ2v) is 7.97. The summed E-state index contributed by atoms with van der Waals surface area (Å²) in [5, 5.41) is 37.3. The summed E-state index contributed by atoms with van der Waals surface area (Å²) in [4.78, 5) is 12.7. The molecule has 0 aliphatic carbocycles. The lowest BCUT2D eigenvalue weighted by molar-refractivity contribution is -0.901. The van der Waals surface area contributed by atoms with Gasteiger partial charge in [-0.2, -0.15) is 0 Å². The fourth-order valence-corrected chi connectivity index (χ4v) is 4.03. The Kier molecular flexibility index (Phi) is 11.1. The number of carboxylic acids is 1. The zero-order chi connectivity index (χ0) is 22.5. The van der Waals surface area contributed by atoms with Gasteiger partial charge in [-0.1, -0.05) is 48.5 Å². The second kappa shape index (κ2) is 13.8. The maximum Gasteiger partial charge on any atom is 0.101 e. The number of aliphatic hydroxyl groups excluding tert-OH is 3. The Morgan fingerprint density at radius 1 is 0.903 bits per heavy atom. The van der Waals surface area contributed by atoms with Crippen LogP contribution in [0.1, 0.15) is 5.56 Å². The van der Waals surface area contributed by atoms with Crippen LogP contribution in [0.15, 0.2) is 65.7 Å². The van der Waals surface area contributed by atoms with Crippen LogP contribution in [0, 0.1) is 0 Å². The molecule has 0 saturated carbocycles. The first-order valence-corrected chi connectivity index (χ1v) is 11.2. The molecule has 0 atom stereocenters. The third-order valence-electron chi connectivity index (χ3n) is 4.69. The van der Waals surface area contributed by atoms with Crippen LogP contribution in [0.25, 0.3) is 10.9 Å². The number of rotatable bonds is 11. The van der Waals surface area contributed by atoms with E-state index in [2.05, 4.69) is 22.8 Å². The van der Waals surface area contributed by atoms with Gasteiger partial charge >= 0.3 is 0 Å². The number of nitrogens with zero attached hydrogens (tertiary/aromatic N) is 1. The smallest absolute Gasteiger partial charge is 0.101 e. The molecule has 1 heterocycles. The number of carbonyl (C=O) groups is 1. The van der Waals surface area contributed by atoms with Gasteiger partial charge < -0.3 is 34.7 Å². The average molecular weight is 447 g/mol. The van der Waals surface area contributed by atoms with E-state index < -0.39 is 5.97 Å². The number of quaternary nitrogens is 1. The largest absolute Gasteiger partial charge is 0.549 e. The minimum Gasteiger partial charge on any atom is -0.549 e. The van der Waals surface area contributed by atoms with E-state index in [1.54, 1.807) is 0 Å². The molecular weight excluding hydrogens is 416 g/mol. The molecule has 8 heteroatoms. The zero-order valence-electron chi connectivity index (χ0n) is 17.4. The van der Waals surface area contributed by atoms with Crippen molar-refractivity contribution in [1.29, 1.82) is 0 Å². The van der Waals surface area contributed by atoms with Gasteiger partial charge in [0.15, 0.2) is 0 Å². The fourth-order valence-electron chi connectivity index (χ4n) is 3.23. The fraction of sp³-hybridized carbons (Fsp3) is 0.348. The van der Waals surface area contributed by atoms with E-state index in [1.807, 2.05) is 42.6 Å². The van der Waals surface area contributed by atoms with Gasteiger partial charge in [-0.3, -0.25) is 0 Å². The summed E-state index contributed by atoms with van der Waals surface area (Å²) >= 11 is 1.31. The van der Waals surface area contributed by atoms with Crippen molar-refractivity contribution in [1.82, 2.24) is 4.57 Å². The summed E-state index contributed by atoms with van der Waals surface area (Å²) in [5.41, 5.74) is 2.33. The summed E-state index contributed by atoms with van der Waals surface area (Å²) in [6.45, 7) is 2.89. The molecule has 0 spiro atoms. The van der Waals surface area contributed by atoms with Crippen LogP contribution >= 0.6 is 11.8 Å². The van der Waals surface area contributed by atoms with Crippen LogP contribution < -0.4 is 10.0 Å². The van der Waals surface area contributed by atoms with E-state index in [0.29, 0.717) is 19.6 Å². The lowest BCUT2D eigenvalue weighted by Crippen LogP contribution is -3.13. The number of benzene rings is 2. The first-order valence-electron chi connectivity index (χ1n) is 10.2. The maximum absolute atomic E-state index is 10.7. The van der Waals surface area contributed by atoms with Crippen LogP contribution in [0.5, 0.6) is 0 Å². The SMILES string of the molecule is O=C([O-])CSc1cn(Cc2ccccc2)c2ccccc12.OCC[NH+](CCO)CCO. The topological polar surface area (TPSA) is 110 Å². The number of aliphatic carboxylic acids is 1. The van der Waals surface area contributed by atoms with Crippen molar-refractivity contribution in [3.8, 4) is 0 Å². The normalized spacial score (nSPS) is 10.8. The number of aliphatic hydroxyl groups is 3. The summed E-state index contributed by atoms with van der Waals surface area (Å²) in [5.74, 6) is -1.07. The van der Waals surface area contributed by atoms with Crippen LogP contribution in [0.4, 0.5) is 0 Å². The summed E-state index contributed by atoms with van der Waals surface area (Å²) in [6, 6.07) is 18.3. The summed E-state index contributed by atoms with van der Waals surface area (Å²) < 4.78 is 2.16. The van der Waals surface area contributed by atoms with Crippen molar-refractivity contribution < 1.29 is 30.1 Å². The van der Waals surface area contributed by atoms with Crippen LogP contribution in [0.3, 0.4) is 0 Å². The number of carbonyl (C=O) groups excluding carboxylic acids is 1. The molecule has 0 saturated heterocycles. The van der Waals surface area contributed by atoms with Gasteiger partial charge in [-0.05, 0) is 11.6 Å². The third kappa shape index (κ3) is 8.35. The molecule has 0 radical (unpaired) electrons. The number of nitrogens with one attached hydrogen (secondary N) is 1. The van der Waals surface area contributed by atoms with Gasteiger partial charge in [0, 0.05) is 34.3 Å². The molecule has 0 amide bonds. The first kappa shape index (κ1) is 24.9. The highest BCUT2D eigenvalue weighted by Crippen LogP contribution is 2.30. The van der Waals surface area contributed by atoms with E-state index >= 15 is 0 Å². The lowest BCUT2D eigenvalue weighted by Gasteiger charge is -2.15. The maximum atomic E-state index is 10.7. The number of carboxylic acid groups (broad SMARTS) is 1. The van der Waals surface area contributed by atoms with Gasteiger partial charge in [0.2, 0.25) is 0 Å². The van der Waals surface area contributed by atoms with Gasteiger partial charge in [0.25, 0.3) is 0 Å². The van der Waals surface area contributed by atoms with E-state index in [1.165, 1.54) is 17.3 Å². The van der Waals surface area contributed by atoms with Crippen molar-refractivity contribution in [2.75, 3.05) is 45.2 Å². The molecule has 0 bridgehead atoms. The molecule has 4 N–H and O–H groups in total. The number of para-hydroxylation sites is 1. The van der Waals surface area contributed by atoms with E-state index in [0.717, 1.165) is 27.2 Å². The highest BCUT2D eigenvalue weighted by Gasteiger charge is 2.09. The molecule has 0 aliphatic rings. The Morgan fingerprint density at radius 2 is 1.48 bits per heavy atom. The molecule has 2 aromatic carbocycles. The molecule has 0 unspecified atom stereocenters. The molecule has 1 aromatic heterocycles. The second-order valence-electron chi connectivity index (χ2n) is 6.96. The predicted molar refractivity (Wildman–Crippen MR) is 120 cm³/mol. The van der Waals surface area contributed by atoms with E-state index in [9.17, 15) is 9.90 Å². The minimum atomic E-state index is -1.04. The van der Waals surface area contributed by atoms with Gasteiger partial charge in [-0.15, -0.1) is 11.8 Å².